The molecule has 0 radical (unpaired) electrons. The number of nitrogens with one attached hydrogen (secondary N) is 3. The Morgan fingerprint density at radius 2 is 1.61 bits per heavy atom. The number of hydrogen-bond donors (Lipinski definition) is 3. The van der Waals surface area contributed by atoms with Crippen LogP contribution >= 0.6 is 0 Å². The molecule has 9 heteroatoms. The first kappa shape index (κ1) is 23.4. The zero-order chi connectivity index (χ0) is 23.8. The van der Waals surface area contributed by atoms with Crippen molar-refractivity contribution in [1.82, 2.24) is 10.9 Å². The highest BCUT2D eigenvalue weighted by atomic mass is 16.5. The van der Waals surface area contributed by atoms with Gasteiger partial charge >= 0.3 is 0 Å². The molecule has 0 aliphatic carbocycles. The van der Waals surface area contributed by atoms with Gasteiger partial charge in [0.25, 0.3) is 17.7 Å². The second-order valence-electron chi connectivity index (χ2n) is 7.08. The number of benzene rings is 2. The molecular weight excluding hydrogens is 426 g/mol. The highest BCUT2D eigenvalue weighted by Crippen LogP contribution is 2.28. The smallest absolute Gasteiger partial charge is 0.291 e. The molecule has 0 spiro atoms. The van der Waals surface area contributed by atoms with Crippen molar-refractivity contribution in [1.29, 1.82) is 0 Å². The zero-order valence-electron chi connectivity index (χ0n) is 18.6. The van der Waals surface area contributed by atoms with Crippen molar-refractivity contribution in [2.24, 2.45) is 0 Å². The Hall–Kier alpha value is -4.27. The average molecular weight is 451 g/mol. The van der Waals surface area contributed by atoms with Gasteiger partial charge in [0.2, 0.25) is 0 Å². The van der Waals surface area contributed by atoms with E-state index >= 15 is 0 Å². The number of furan rings is 1. The summed E-state index contributed by atoms with van der Waals surface area (Å²) in [5.74, 6) is -0.414. The van der Waals surface area contributed by atoms with Crippen molar-refractivity contribution in [3.8, 4) is 11.5 Å². The first-order valence-electron chi connectivity index (χ1n) is 10.3. The highest BCUT2D eigenvalue weighted by molar-refractivity contribution is 6.04. The Kier molecular flexibility index (Phi) is 7.69. The summed E-state index contributed by atoms with van der Waals surface area (Å²) in [5.41, 5.74) is 6.48. The second-order valence-corrected chi connectivity index (χ2v) is 7.08. The standard InChI is InChI=1S/C24H25N3O6/c1-4-11-32-19-10-9-17(14-21(19)31-3)23(29)27-26-22(28)16-8-7-15(2)18(13-16)25-24(30)20-6-5-12-33-20/h5-10,12-14H,4,11H2,1-3H3,(H,25,30)(H,26,28)(H,27,29). The molecule has 33 heavy (non-hydrogen) atoms. The quantitative estimate of drug-likeness (QED) is 0.449. The summed E-state index contributed by atoms with van der Waals surface area (Å²) in [5, 5.41) is 2.71. The number of carbonyl (C=O) groups is 3. The number of rotatable bonds is 8. The van der Waals surface area contributed by atoms with Gasteiger partial charge in [-0.3, -0.25) is 25.2 Å². The van der Waals surface area contributed by atoms with Gasteiger partial charge in [-0.2, -0.15) is 0 Å². The molecule has 2 aromatic carbocycles. The van der Waals surface area contributed by atoms with Crippen LogP contribution in [0.3, 0.4) is 0 Å². The molecule has 3 N–H and O–H groups in total. The summed E-state index contributed by atoms with van der Waals surface area (Å²) < 4.78 is 15.9. The van der Waals surface area contributed by atoms with Gasteiger partial charge in [0, 0.05) is 16.8 Å². The SMILES string of the molecule is CCCOc1ccc(C(=O)NNC(=O)c2ccc(C)c(NC(=O)c3ccco3)c2)cc1OC. The van der Waals surface area contributed by atoms with Gasteiger partial charge in [0.1, 0.15) is 0 Å². The first-order valence-corrected chi connectivity index (χ1v) is 10.3. The molecule has 3 aromatic rings. The van der Waals surface area contributed by atoms with Crippen LogP contribution in [0.5, 0.6) is 11.5 Å². The van der Waals surface area contributed by atoms with E-state index < -0.39 is 17.7 Å². The summed E-state index contributed by atoms with van der Waals surface area (Å²) in [4.78, 5) is 37.3. The Bertz CT molecular complexity index is 1140. The molecule has 0 saturated heterocycles. The van der Waals surface area contributed by atoms with Crippen LogP contribution in [0.25, 0.3) is 0 Å². The monoisotopic (exact) mass is 451 g/mol. The summed E-state index contributed by atoms with van der Waals surface area (Å²) in [6.45, 7) is 4.31. The van der Waals surface area contributed by atoms with Gasteiger partial charge in [0.15, 0.2) is 17.3 Å². The van der Waals surface area contributed by atoms with E-state index in [0.29, 0.717) is 23.8 Å². The molecule has 0 aliphatic heterocycles. The maximum Gasteiger partial charge on any atom is 0.291 e. The van der Waals surface area contributed by atoms with Gasteiger partial charge in [-0.15, -0.1) is 0 Å². The number of ether oxygens (including phenoxy) is 2. The Morgan fingerprint density at radius 1 is 0.909 bits per heavy atom. The fourth-order valence-electron chi connectivity index (χ4n) is 2.89. The third-order valence-corrected chi connectivity index (χ3v) is 4.67. The Balaban J connectivity index is 1.64. The summed E-state index contributed by atoms with van der Waals surface area (Å²) >= 11 is 0. The molecule has 1 aromatic heterocycles. The van der Waals surface area contributed by atoms with Crippen LogP contribution in [-0.4, -0.2) is 31.4 Å². The Labute approximate surface area is 191 Å². The van der Waals surface area contributed by atoms with E-state index in [9.17, 15) is 14.4 Å². The number of methoxy groups -OCH3 is 1. The molecule has 3 rings (SSSR count). The molecule has 0 atom stereocenters. The van der Waals surface area contributed by atoms with Crippen LogP contribution in [0.2, 0.25) is 0 Å². The largest absolute Gasteiger partial charge is 0.493 e. The lowest BCUT2D eigenvalue weighted by molar-refractivity contribution is 0.0846. The molecule has 1 heterocycles. The van der Waals surface area contributed by atoms with Crippen LogP contribution in [0.1, 0.15) is 50.2 Å². The molecule has 0 fully saturated rings. The molecule has 0 saturated carbocycles. The van der Waals surface area contributed by atoms with E-state index in [0.717, 1.165) is 12.0 Å². The van der Waals surface area contributed by atoms with Crippen molar-refractivity contribution in [2.45, 2.75) is 20.3 Å². The molecule has 3 amide bonds. The molecule has 9 nitrogen and oxygen atoms in total. The van der Waals surface area contributed by atoms with E-state index in [1.807, 2.05) is 6.92 Å². The number of aryl methyl sites for hydroxylation is 1. The minimum absolute atomic E-state index is 0.151. The van der Waals surface area contributed by atoms with Gasteiger partial charge in [0.05, 0.1) is 20.0 Å². The number of carbonyl (C=O) groups excluding carboxylic acids is 3. The lowest BCUT2D eigenvalue weighted by Gasteiger charge is -2.13. The zero-order valence-corrected chi connectivity index (χ0v) is 18.6. The van der Waals surface area contributed by atoms with Gasteiger partial charge in [-0.1, -0.05) is 13.0 Å². The maximum absolute atomic E-state index is 12.6. The second kappa shape index (κ2) is 10.9. The number of anilines is 1. The predicted octanol–water partition coefficient (Wildman–Crippen LogP) is 3.71. The van der Waals surface area contributed by atoms with Crippen molar-refractivity contribution in [3.05, 3.63) is 77.2 Å². The fraction of sp³-hybridized carbons (Fsp3) is 0.208. The van der Waals surface area contributed by atoms with Gasteiger partial charge < -0.3 is 19.2 Å². The lowest BCUT2D eigenvalue weighted by Crippen LogP contribution is -2.41. The van der Waals surface area contributed by atoms with Crippen LogP contribution in [0.4, 0.5) is 5.69 Å². The van der Waals surface area contributed by atoms with Crippen LogP contribution < -0.4 is 25.6 Å². The van der Waals surface area contributed by atoms with E-state index in [1.165, 1.54) is 31.6 Å². The molecule has 0 bridgehead atoms. The number of hydrogen-bond acceptors (Lipinski definition) is 6. The Morgan fingerprint density at radius 3 is 2.24 bits per heavy atom. The van der Waals surface area contributed by atoms with Crippen LogP contribution in [0.15, 0.2) is 59.2 Å². The summed E-state index contributed by atoms with van der Waals surface area (Å²) in [6, 6.07) is 12.7. The fourth-order valence-corrected chi connectivity index (χ4v) is 2.89. The highest BCUT2D eigenvalue weighted by Gasteiger charge is 2.15. The lowest BCUT2D eigenvalue weighted by atomic mass is 10.1. The van der Waals surface area contributed by atoms with Crippen molar-refractivity contribution in [3.63, 3.8) is 0 Å². The minimum Gasteiger partial charge on any atom is -0.493 e. The average Bonchev–Trinajstić information content (AvgIpc) is 3.37. The number of amides is 3. The summed E-state index contributed by atoms with van der Waals surface area (Å²) in [7, 11) is 1.48. The van der Waals surface area contributed by atoms with Gasteiger partial charge in [-0.05, 0) is 61.4 Å². The minimum atomic E-state index is -0.549. The third-order valence-electron chi connectivity index (χ3n) is 4.67. The van der Waals surface area contributed by atoms with Gasteiger partial charge in [-0.25, -0.2) is 0 Å². The maximum atomic E-state index is 12.6. The molecule has 172 valence electrons. The molecule has 0 unspecified atom stereocenters. The van der Waals surface area contributed by atoms with E-state index in [1.54, 1.807) is 37.3 Å². The van der Waals surface area contributed by atoms with Crippen molar-refractivity contribution < 1.29 is 28.3 Å². The summed E-state index contributed by atoms with van der Waals surface area (Å²) in [6.07, 6.45) is 2.24. The third kappa shape index (κ3) is 5.91. The van der Waals surface area contributed by atoms with E-state index in [4.69, 9.17) is 13.9 Å². The van der Waals surface area contributed by atoms with Crippen molar-refractivity contribution >= 4 is 23.4 Å². The van der Waals surface area contributed by atoms with E-state index in [2.05, 4.69) is 16.2 Å². The normalized spacial score (nSPS) is 10.3. The number of hydrazine groups is 1. The van der Waals surface area contributed by atoms with Crippen LogP contribution in [0, 0.1) is 6.92 Å². The topological polar surface area (TPSA) is 119 Å². The van der Waals surface area contributed by atoms with Crippen molar-refractivity contribution in [2.75, 3.05) is 19.0 Å². The van der Waals surface area contributed by atoms with E-state index in [-0.39, 0.29) is 16.9 Å². The van der Waals surface area contributed by atoms with Crippen LogP contribution in [-0.2, 0) is 0 Å². The molecular formula is C24H25N3O6. The predicted molar refractivity (Wildman–Crippen MR) is 122 cm³/mol. The first-order chi connectivity index (χ1) is 15.9. The molecule has 0 aliphatic rings.